The van der Waals surface area contributed by atoms with Crippen molar-refractivity contribution in [2.75, 3.05) is 11.4 Å². The fourth-order valence-electron chi connectivity index (χ4n) is 3.14. The highest BCUT2D eigenvalue weighted by atomic mass is 15.5. The molecule has 3 rings (SSSR count). The van der Waals surface area contributed by atoms with Crippen molar-refractivity contribution >= 4 is 5.69 Å². The topological polar surface area (TPSA) is 58.5 Å². The fourth-order valence-corrected chi connectivity index (χ4v) is 3.14. The maximum Gasteiger partial charge on any atom is 0.136 e. The molecule has 2 aromatic carbocycles. The van der Waals surface area contributed by atoms with E-state index in [-0.39, 0.29) is 12.5 Å². The van der Waals surface area contributed by atoms with E-state index in [1.807, 2.05) is 30.3 Å². The molecule has 0 saturated heterocycles. The monoisotopic (exact) mass is 296 g/mol. The normalized spacial score (nSPS) is 21.7. The molecule has 22 heavy (non-hydrogen) atoms. The summed E-state index contributed by atoms with van der Waals surface area (Å²) in [6.07, 6.45) is 0.667. The average Bonchev–Trinajstić information content (AvgIpc) is 2.56. The number of nitrogens with zero attached hydrogens (tertiary/aromatic N) is 2. The van der Waals surface area contributed by atoms with Crippen molar-refractivity contribution in [2.24, 2.45) is 11.5 Å². The van der Waals surface area contributed by atoms with Crippen LogP contribution in [0.1, 0.15) is 30.6 Å². The smallest absolute Gasteiger partial charge is 0.136 e. The quantitative estimate of drug-likeness (QED) is 0.910. The molecule has 1 heterocycles. The fraction of sp³-hybridized carbons (Fsp3) is 0.333. The van der Waals surface area contributed by atoms with E-state index in [4.69, 9.17) is 11.5 Å². The molecule has 2 aromatic rings. The van der Waals surface area contributed by atoms with Crippen LogP contribution < -0.4 is 16.4 Å². The van der Waals surface area contributed by atoms with Gasteiger partial charge in [0.15, 0.2) is 0 Å². The summed E-state index contributed by atoms with van der Waals surface area (Å²) in [6, 6.07) is 18.7. The number of nitrogens with two attached hydrogens (primary N) is 2. The third-order valence-electron chi connectivity index (χ3n) is 4.25. The lowest BCUT2D eigenvalue weighted by Crippen LogP contribution is -2.60. The van der Waals surface area contributed by atoms with Crippen molar-refractivity contribution in [3.63, 3.8) is 0 Å². The average molecular weight is 296 g/mol. The Bertz CT molecular complexity index is 613. The van der Waals surface area contributed by atoms with E-state index in [9.17, 15) is 0 Å². The summed E-state index contributed by atoms with van der Waals surface area (Å²) in [5, 5.41) is 0. The zero-order chi connectivity index (χ0) is 15.5. The minimum absolute atomic E-state index is 0.181. The molecule has 0 spiro atoms. The van der Waals surface area contributed by atoms with Gasteiger partial charge in [-0.2, -0.15) is 0 Å². The third kappa shape index (κ3) is 2.73. The molecule has 0 fully saturated rings. The van der Waals surface area contributed by atoms with Gasteiger partial charge in [-0.3, -0.25) is 5.73 Å². The summed E-state index contributed by atoms with van der Waals surface area (Å²) in [4.78, 5) is 4.41. The van der Waals surface area contributed by atoms with Gasteiger partial charge in [0.05, 0.1) is 6.17 Å². The maximum absolute atomic E-state index is 6.53. The van der Waals surface area contributed by atoms with E-state index >= 15 is 0 Å². The first kappa shape index (κ1) is 15.0. The summed E-state index contributed by atoms with van der Waals surface area (Å²) < 4.78 is 0. The molecule has 4 nitrogen and oxygen atoms in total. The summed E-state index contributed by atoms with van der Waals surface area (Å²) in [5.41, 5.74) is 16.6. The second-order valence-electron chi connectivity index (χ2n) is 5.77. The molecule has 4 N–H and O–H groups in total. The van der Waals surface area contributed by atoms with Crippen LogP contribution in [0.4, 0.5) is 5.69 Å². The maximum atomic E-state index is 6.53. The van der Waals surface area contributed by atoms with Crippen LogP contribution in [0.2, 0.25) is 0 Å². The van der Waals surface area contributed by atoms with Crippen molar-refractivity contribution in [1.29, 1.82) is 0 Å². The molecule has 116 valence electrons. The minimum atomic E-state index is -0.204. The predicted octanol–water partition coefficient (Wildman–Crippen LogP) is 2.62. The molecule has 2 atom stereocenters. The number of hydrogen-bond donors (Lipinski definition) is 2. The van der Waals surface area contributed by atoms with Crippen molar-refractivity contribution < 1.29 is 0 Å². The van der Waals surface area contributed by atoms with Crippen LogP contribution in [0.25, 0.3) is 0 Å². The van der Waals surface area contributed by atoms with Gasteiger partial charge in [0.25, 0.3) is 0 Å². The first-order valence-electron chi connectivity index (χ1n) is 7.88. The molecule has 0 saturated carbocycles. The van der Waals surface area contributed by atoms with Crippen LogP contribution >= 0.6 is 0 Å². The van der Waals surface area contributed by atoms with E-state index in [1.54, 1.807) is 0 Å². The molecule has 0 amide bonds. The van der Waals surface area contributed by atoms with Gasteiger partial charge in [-0.05, 0) is 18.1 Å². The Balaban J connectivity index is 1.94. The lowest BCUT2D eigenvalue weighted by atomic mass is 10.0. The van der Waals surface area contributed by atoms with Crippen molar-refractivity contribution in [3.8, 4) is 0 Å². The van der Waals surface area contributed by atoms with Crippen LogP contribution in [0.5, 0.6) is 0 Å². The second kappa shape index (κ2) is 6.48. The molecule has 1 aliphatic heterocycles. The number of benzene rings is 2. The van der Waals surface area contributed by atoms with Gasteiger partial charge in [-0.1, -0.05) is 55.5 Å². The number of hydrogen-bond acceptors (Lipinski definition) is 4. The van der Waals surface area contributed by atoms with E-state index in [0.29, 0.717) is 0 Å². The summed E-state index contributed by atoms with van der Waals surface area (Å²) in [6.45, 7) is 3.85. The SMILES string of the molecule is CCCN1c2ccccc2C(N)N(Cc2ccccc2)C1N. The Morgan fingerprint density at radius 2 is 1.64 bits per heavy atom. The summed E-state index contributed by atoms with van der Waals surface area (Å²) >= 11 is 0. The van der Waals surface area contributed by atoms with Gasteiger partial charge in [-0.15, -0.1) is 0 Å². The van der Waals surface area contributed by atoms with Gasteiger partial charge < -0.3 is 10.6 Å². The highest BCUT2D eigenvalue weighted by Gasteiger charge is 2.34. The zero-order valence-electron chi connectivity index (χ0n) is 13.0. The first-order chi connectivity index (χ1) is 10.7. The first-order valence-corrected chi connectivity index (χ1v) is 7.88. The van der Waals surface area contributed by atoms with E-state index in [1.165, 1.54) is 5.56 Å². The van der Waals surface area contributed by atoms with Crippen molar-refractivity contribution in [1.82, 2.24) is 4.90 Å². The summed E-state index contributed by atoms with van der Waals surface area (Å²) in [7, 11) is 0. The molecule has 0 aliphatic carbocycles. The van der Waals surface area contributed by atoms with Crippen molar-refractivity contribution in [3.05, 3.63) is 65.7 Å². The van der Waals surface area contributed by atoms with Gasteiger partial charge >= 0.3 is 0 Å². The molecule has 0 bridgehead atoms. The number of para-hydroxylation sites is 1. The van der Waals surface area contributed by atoms with Crippen LogP contribution in [0, 0.1) is 0 Å². The van der Waals surface area contributed by atoms with Crippen LogP contribution in [-0.4, -0.2) is 17.7 Å². The number of anilines is 1. The van der Waals surface area contributed by atoms with Gasteiger partial charge in [0.2, 0.25) is 0 Å². The van der Waals surface area contributed by atoms with Crippen LogP contribution in [0.3, 0.4) is 0 Å². The largest absolute Gasteiger partial charge is 0.343 e. The van der Waals surface area contributed by atoms with Crippen LogP contribution in [-0.2, 0) is 6.54 Å². The van der Waals surface area contributed by atoms with Gasteiger partial charge in [0.1, 0.15) is 6.29 Å². The molecule has 1 aliphatic rings. The lowest BCUT2D eigenvalue weighted by molar-refractivity contribution is 0.113. The van der Waals surface area contributed by atoms with Gasteiger partial charge in [-0.25, -0.2) is 4.90 Å². The van der Waals surface area contributed by atoms with E-state index in [0.717, 1.165) is 30.8 Å². The van der Waals surface area contributed by atoms with E-state index in [2.05, 4.69) is 41.0 Å². The molecular formula is C18H24N4. The van der Waals surface area contributed by atoms with Gasteiger partial charge in [0, 0.05) is 24.3 Å². The second-order valence-corrected chi connectivity index (χ2v) is 5.77. The molecule has 4 heteroatoms. The predicted molar refractivity (Wildman–Crippen MR) is 91.0 cm³/mol. The highest BCUT2D eigenvalue weighted by Crippen LogP contribution is 2.35. The Morgan fingerprint density at radius 3 is 2.36 bits per heavy atom. The molecular weight excluding hydrogens is 272 g/mol. The minimum Gasteiger partial charge on any atom is -0.343 e. The van der Waals surface area contributed by atoms with Crippen LogP contribution in [0.15, 0.2) is 54.6 Å². The van der Waals surface area contributed by atoms with Crippen molar-refractivity contribution in [2.45, 2.75) is 32.3 Å². The summed E-state index contributed by atoms with van der Waals surface area (Å²) in [5.74, 6) is 0. The Morgan fingerprint density at radius 1 is 0.955 bits per heavy atom. The molecule has 0 aromatic heterocycles. The lowest BCUT2D eigenvalue weighted by Gasteiger charge is -2.47. The van der Waals surface area contributed by atoms with E-state index < -0.39 is 0 Å². The zero-order valence-corrected chi connectivity index (χ0v) is 13.0. The number of rotatable bonds is 4. The highest BCUT2D eigenvalue weighted by molar-refractivity contribution is 5.57. The molecule has 0 radical (unpaired) electrons. The molecule has 2 unspecified atom stereocenters. The standard InChI is InChI=1S/C18H24N4/c1-2-12-21-16-11-7-6-10-15(16)17(19)22(18(21)20)13-14-8-4-3-5-9-14/h3-11,17-18H,2,12-13,19-20H2,1H3. The Labute approximate surface area is 132 Å². The Kier molecular flexibility index (Phi) is 4.43. The number of fused-ring (bicyclic) bond motifs is 1. The Hall–Kier alpha value is -1.88. The third-order valence-corrected chi connectivity index (χ3v) is 4.25.